The molecular weight excluding hydrogens is 507 g/mol. The van der Waals surface area contributed by atoms with Crippen molar-refractivity contribution < 1.29 is 19.2 Å². The van der Waals surface area contributed by atoms with Gasteiger partial charge in [0, 0.05) is 0 Å². The topological polar surface area (TPSA) is 0 Å². The third-order valence-electron chi connectivity index (χ3n) is 5.75. The van der Waals surface area contributed by atoms with Gasteiger partial charge in [-0.3, -0.25) is 0 Å². The molecule has 2 radical (unpaired) electrons. The molecule has 4 aromatic carbocycles. The Morgan fingerprint density at radius 1 is 0.676 bits per heavy atom. The monoisotopic (exact) mass is 548 g/mol. The summed E-state index contributed by atoms with van der Waals surface area (Å²) < 4.78 is 0. The van der Waals surface area contributed by atoms with E-state index in [0.717, 1.165) is 12.8 Å². The Balaban J connectivity index is -0.000000475. The van der Waals surface area contributed by atoms with Crippen molar-refractivity contribution in [2.45, 2.75) is 66.2 Å². The number of aryl methyl sites for hydroxylation is 2. The van der Waals surface area contributed by atoms with Crippen molar-refractivity contribution in [3.8, 4) is 0 Å². The zero-order chi connectivity index (χ0) is 22.3. The predicted molar refractivity (Wildman–Crippen MR) is 159 cm³/mol. The standard InChI is InChI=1S/2C14H17.2CH3.2ClH.Si.Ti/c2*1-4-11-8-12-6-5-7-13(10(2)3)14(12)9-11;;;;;;/h2*5-10H,4H2,1-3H3;2*1H3;2*1H;;/q4*-1;;;;. The average molecular weight is 550 g/mol. The summed E-state index contributed by atoms with van der Waals surface area (Å²) in [6, 6.07) is 22.5. The Labute approximate surface area is 235 Å². The number of halogens is 2. The summed E-state index contributed by atoms with van der Waals surface area (Å²) in [5, 5.41) is 5.68. The molecule has 0 aliphatic carbocycles. The molecule has 0 atom stereocenters. The molecule has 0 aliphatic heterocycles. The second-order valence-corrected chi connectivity index (χ2v) is 8.44. The van der Waals surface area contributed by atoms with Crippen LogP contribution in [0.3, 0.4) is 0 Å². The maximum absolute atomic E-state index is 2.97. The van der Waals surface area contributed by atoms with Crippen LogP contribution in [-0.4, -0.2) is 7.63 Å². The van der Waals surface area contributed by atoms with Crippen LogP contribution in [-0.2, 0) is 32.0 Å². The molecule has 0 aliphatic rings. The van der Waals surface area contributed by atoms with Crippen LogP contribution >= 0.6 is 24.8 Å². The molecular formula is C30H42Cl2SiTi-4. The van der Waals surface area contributed by atoms with Crippen molar-refractivity contribution in [2.24, 2.45) is 0 Å². The Bertz CT molecular complexity index is 990. The minimum atomic E-state index is 0. The first-order valence-corrected chi connectivity index (χ1v) is 13.9. The van der Waals surface area contributed by atoms with Gasteiger partial charge in [0.1, 0.15) is 0 Å². The number of fused-ring (bicyclic) bond motifs is 2. The zero-order valence-corrected chi connectivity index (χ0v) is 26.4. The quantitative estimate of drug-likeness (QED) is 0.176. The van der Waals surface area contributed by atoms with E-state index in [4.69, 9.17) is 0 Å². The van der Waals surface area contributed by atoms with Crippen molar-refractivity contribution in [3.05, 3.63) is 97.8 Å². The van der Waals surface area contributed by atoms with E-state index in [1.54, 1.807) is 19.2 Å². The molecule has 0 nitrogen and oxygen atoms in total. The molecule has 0 heterocycles. The van der Waals surface area contributed by atoms with Crippen LogP contribution in [0.4, 0.5) is 0 Å². The van der Waals surface area contributed by atoms with Gasteiger partial charge in [-0.25, -0.2) is 0 Å². The van der Waals surface area contributed by atoms with Crippen molar-refractivity contribution >= 4 is 54.0 Å². The van der Waals surface area contributed by atoms with Crippen LogP contribution in [0.15, 0.2) is 60.7 Å². The fourth-order valence-electron chi connectivity index (χ4n) is 4.06. The van der Waals surface area contributed by atoms with Gasteiger partial charge < -0.3 is 14.9 Å². The molecule has 188 valence electrons. The first-order chi connectivity index (χ1) is 14.4. The van der Waals surface area contributed by atoms with E-state index in [9.17, 15) is 0 Å². The van der Waals surface area contributed by atoms with Gasteiger partial charge in [-0.2, -0.15) is 12.1 Å². The predicted octanol–water partition coefficient (Wildman–Crippen LogP) is 9.85. The fraction of sp³-hybridized carbons (Fsp3) is 0.333. The summed E-state index contributed by atoms with van der Waals surface area (Å²) in [5.74, 6) is 1.23. The third-order valence-corrected chi connectivity index (χ3v) is 5.75. The van der Waals surface area contributed by atoms with E-state index in [-0.39, 0.29) is 39.7 Å². The molecule has 0 aromatic heterocycles. The molecule has 0 amide bonds. The normalized spacial score (nSPS) is 9.50. The molecule has 0 spiro atoms. The van der Waals surface area contributed by atoms with Gasteiger partial charge in [0.25, 0.3) is 0 Å². The Hall–Kier alpha value is -0.829. The van der Waals surface area contributed by atoms with Gasteiger partial charge in [0.2, 0.25) is 0 Å². The summed E-state index contributed by atoms with van der Waals surface area (Å²) in [4.78, 5) is 0. The summed E-state index contributed by atoms with van der Waals surface area (Å²) in [6.07, 6.45) is 2.26. The van der Waals surface area contributed by atoms with E-state index in [1.165, 1.54) is 43.8 Å². The number of hydrogen-bond acceptors (Lipinski definition) is 0. The van der Waals surface area contributed by atoms with Crippen molar-refractivity contribution in [1.29, 1.82) is 0 Å². The third kappa shape index (κ3) is 9.32. The molecule has 4 heteroatoms. The summed E-state index contributed by atoms with van der Waals surface area (Å²) >= 11 is 1.81. The van der Waals surface area contributed by atoms with Crippen LogP contribution < -0.4 is 0 Å². The number of hydrogen-bond donors (Lipinski definition) is 0. The second-order valence-electron chi connectivity index (χ2n) is 8.44. The molecule has 0 N–H and O–H groups in total. The van der Waals surface area contributed by atoms with E-state index in [2.05, 4.69) is 110 Å². The second kappa shape index (κ2) is 18.4. The van der Waals surface area contributed by atoms with Crippen molar-refractivity contribution in [1.82, 2.24) is 0 Å². The zero-order valence-electron chi connectivity index (χ0n) is 22.2. The summed E-state index contributed by atoms with van der Waals surface area (Å²) in [5.41, 5.74) is 5.85. The molecule has 34 heavy (non-hydrogen) atoms. The van der Waals surface area contributed by atoms with Crippen LogP contribution in [0.25, 0.3) is 21.5 Å². The van der Waals surface area contributed by atoms with E-state index < -0.39 is 0 Å². The SMILES string of the molecule is CCc1cc2c(C(C)C)cccc2[cH-]1.CCc1cc2c(C(C)C)cccc2[cH-]1.Cl.Cl.[CH3-].[CH3-].[Si]=[Ti]. The summed E-state index contributed by atoms with van der Waals surface area (Å²) in [7, 11) is 2.97. The van der Waals surface area contributed by atoms with E-state index in [1.807, 2.05) is 0 Å². The molecule has 4 aromatic rings. The Morgan fingerprint density at radius 2 is 1.00 bits per heavy atom. The van der Waals surface area contributed by atoms with Crippen LogP contribution in [0.2, 0.25) is 0 Å². The van der Waals surface area contributed by atoms with Gasteiger partial charge in [-0.15, -0.1) is 93.9 Å². The van der Waals surface area contributed by atoms with E-state index in [0.29, 0.717) is 11.8 Å². The average Bonchev–Trinajstić information content (AvgIpc) is 3.38. The number of benzene rings is 2. The van der Waals surface area contributed by atoms with E-state index >= 15 is 0 Å². The van der Waals surface area contributed by atoms with Crippen LogP contribution in [0.5, 0.6) is 0 Å². The molecule has 0 saturated carbocycles. The van der Waals surface area contributed by atoms with Gasteiger partial charge in [-0.05, 0) is 24.7 Å². The van der Waals surface area contributed by atoms with Crippen LogP contribution in [0, 0.1) is 14.9 Å². The fourth-order valence-corrected chi connectivity index (χ4v) is 4.06. The number of rotatable bonds is 4. The van der Waals surface area contributed by atoms with Crippen molar-refractivity contribution in [2.75, 3.05) is 0 Å². The van der Waals surface area contributed by atoms with Crippen LogP contribution in [0.1, 0.15) is 75.6 Å². The Kier molecular flexibility index (Phi) is 20.5. The van der Waals surface area contributed by atoms with Gasteiger partial charge in [-0.1, -0.05) is 64.8 Å². The van der Waals surface area contributed by atoms with Gasteiger partial charge in [0.15, 0.2) is 0 Å². The Morgan fingerprint density at radius 3 is 1.26 bits per heavy atom. The first kappa shape index (κ1) is 37.7. The molecule has 0 fully saturated rings. The minimum absolute atomic E-state index is 0. The van der Waals surface area contributed by atoms with Gasteiger partial charge in [0.05, 0.1) is 0 Å². The van der Waals surface area contributed by atoms with Gasteiger partial charge >= 0.3 is 26.8 Å². The molecule has 0 saturated heterocycles. The molecule has 4 rings (SSSR count). The maximum atomic E-state index is 2.97. The summed E-state index contributed by atoms with van der Waals surface area (Å²) in [6.45, 7) is 13.5. The first-order valence-electron chi connectivity index (χ1n) is 11.1. The van der Waals surface area contributed by atoms with Crippen molar-refractivity contribution in [3.63, 3.8) is 0 Å². The molecule has 0 unspecified atom stereocenters. The molecule has 0 bridgehead atoms.